The first-order valence-corrected chi connectivity index (χ1v) is 12.4. The molecule has 1 N–H and O–H groups in total. The van der Waals surface area contributed by atoms with Crippen molar-refractivity contribution in [2.75, 3.05) is 43.4 Å². The minimum Gasteiger partial charge on any atom is -0.369 e. The Bertz CT molecular complexity index is 992. The van der Waals surface area contributed by atoms with E-state index in [1.807, 2.05) is 36.4 Å². The van der Waals surface area contributed by atoms with Crippen molar-refractivity contribution in [3.8, 4) is 0 Å². The number of rotatable bonds is 6. The number of anilines is 1. The van der Waals surface area contributed by atoms with Crippen molar-refractivity contribution in [2.24, 2.45) is 0 Å². The maximum absolute atomic E-state index is 12.7. The molecule has 1 aliphatic rings. The highest BCUT2D eigenvalue weighted by Crippen LogP contribution is 2.22. The van der Waals surface area contributed by atoms with Crippen LogP contribution in [0.25, 0.3) is 0 Å². The van der Waals surface area contributed by atoms with Crippen molar-refractivity contribution in [3.05, 3.63) is 64.7 Å². The van der Waals surface area contributed by atoms with Crippen LogP contribution in [0.3, 0.4) is 0 Å². The number of hydrogen-bond acceptors (Lipinski definition) is 4. The summed E-state index contributed by atoms with van der Waals surface area (Å²) in [6, 6.07) is 15.0. The number of piperazine rings is 1. The first-order valence-electron chi connectivity index (χ1n) is 10.4. The van der Waals surface area contributed by atoms with Crippen molar-refractivity contribution >= 4 is 33.2 Å². The van der Waals surface area contributed by atoms with Crippen LogP contribution in [0.15, 0.2) is 48.5 Å². The molecule has 0 aromatic heterocycles. The molecule has 0 unspecified atom stereocenters. The van der Waals surface area contributed by atoms with E-state index in [2.05, 4.69) is 31.0 Å². The monoisotopic (exact) mass is 463 g/mol. The molecular weight excluding hydrogens is 434 g/mol. The van der Waals surface area contributed by atoms with E-state index in [0.717, 1.165) is 11.3 Å². The summed E-state index contributed by atoms with van der Waals surface area (Å²) in [5, 5.41) is 3.40. The van der Waals surface area contributed by atoms with Gasteiger partial charge in [0.2, 0.25) is 10.0 Å². The third kappa shape index (κ3) is 6.21. The molecule has 0 aliphatic carbocycles. The number of carbonyl (C=O) groups excluding carboxylic acids is 1. The van der Waals surface area contributed by atoms with Gasteiger partial charge in [-0.1, -0.05) is 44.5 Å². The highest BCUT2D eigenvalue weighted by Gasteiger charge is 2.27. The summed E-state index contributed by atoms with van der Waals surface area (Å²) in [6.45, 7) is 8.51. The van der Waals surface area contributed by atoms with Gasteiger partial charge >= 0.3 is 0 Å². The van der Waals surface area contributed by atoms with Crippen LogP contribution in [0.2, 0.25) is 5.02 Å². The fourth-order valence-electron chi connectivity index (χ4n) is 3.52. The number of sulfonamides is 1. The molecule has 2 aromatic carbocycles. The van der Waals surface area contributed by atoms with Gasteiger partial charge in [0.25, 0.3) is 5.91 Å². The molecule has 0 spiro atoms. The number of hydrogen-bond donors (Lipinski definition) is 1. The standard InChI is InChI=1S/C23H30ClN3O3S/c1-23(2,3)19-6-4-18(5-7-19)22(28)25-12-17-31(29,30)27-15-13-26(14-16-27)21-10-8-20(24)9-11-21/h4-11H,12-17H2,1-3H3,(H,25,28). The fourth-order valence-corrected chi connectivity index (χ4v) is 4.99. The van der Waals surface area contributed by atoms with Crippen LogP contribution < -0.4 is 10.2 Å². The van der Waals surface area contributed by atoms with Gasteiger partial charge in [-0.15, -0.1) is 0 Å². The third-order valence-electron chi connectivity index (χ3n) is 5.48. The Balaban J connectivity index is 1.48. The summed E-state index contributed by atoms with van der Waals surface area (Å²) in [7, 11) is -3.43. The van der Waals surface area contributed by atoms with E-state index in [0.29, 0.717) is 36.8 Å². The molecule has 0 atom stereocenters. The summed E-state index contributed by atoms with van der Waals surface area (Å²) in [5.74, 6) is -0.372. The molecule has 31 heavy (non-hydrogen) atoms. The summed E-state index contributed by atoms with van der Waals surface area (Å²) in [6.07, 6.45) is 0. The number of benzene rings is 2. The van der Waals surface area contributed by atoms with E-state index in [1.54, 1.807) is 12.1 Å². The van der Waals surface area contributed by atoms with Crippen molar-refractivity contribution in [1.29, 1.82) is 0 Å². The zero-order valence-corrected chi connectivity index (χ0v) is 19.8. The first kappa shape index (κ1) is 23.6. The van der Waals surface area contributed by atoms with Crippen LogP contribution in [0.1, 0.15) is 36.7 Å². The quantitative estimate of drug-likeness (QED) is 0.711. The second kappa shape index (κ2) is 9.59. The van der Waals surface area contributed by atoms with Gasteiger partial charge < -0.3 is 10.2 Å². The molecule has 1 heterocycles. The average molecular weight is 464 g/mol. The maximum atomic E-state index is 12.7. The second-order valence-electron chi connectivity index (χ2n) is 8.76. The highest BCUT2D eigenvalue weighted by atomic mass is 35.5. The average Bonchev–Trinajstić information content (AvgIpc) is 2.74. The maximum Gasteiger partial charge on any atom is 0.251 e. The molecule has 1 saturated heterocycles. The van der Waals surface area contributed by atoms with Gasteiger partial charge in [0.1, 0.15) is 0 Å². The minimum absolute atomic E-state index is 0.0145. The normalized spacial score (nSPS) is 15.7. The largest absolute Gasteiger partial charge is 0.369 e. The van der Waals surface area contributed by atoms with E-state index in [4.69, 9.17) is 11.6 Å². The van der Waals surface area contributed by atoms with Crippen LogP contribution in [0.4, 0.5) is 5.69 Å². The smallest absolute Gasteiger partial charge is 0.251 e. The van der Waals surface area contributed by atoms with E-state index in [-0.39, 0.29) is 23.6 Å². The van der Waals surface area contributed by atoms with Gasteiger partial charge in [-0.25, -0.2) is 8.42 Å². The molecule has 168 valence electrons. The van der Waals surface area contributed by atoms with Crippen LogP contribution in [-0.2, 0) is 15.4 Å². The predicted octanol–water partition coefficient (Wildman–Crippen LogP) is 3.52. The topological polar surface area (TPSA) is 69.7 Å². The Morgan fingerprint density at radius 2 is 1.55 bits per heavy atom. The van der Waals surface area contributed by atoms with Crippen molar-refractivity contribution in [3.63, 3.8) is 0 Å². The van der Waals surface area contributed by atoms with Gasteiger partial charge in [-0.3, -0.25) is 4.79 Å². The van der Waals surface area contributed by atoms with Gasteiger partial charge in [0.05, 0.1) is 5.75 Å². The van der Waals surface area contributed by atoms with Crippen LogP contribution in [0, 0.1) is 0 Å². The molecule has 1 amide bonds. The van der Waals surface area contributed by atoms with E-state index < -0.39 is 10.0 Å². The zero-order valence-electron chi connectivity index (χ0n) is 18.3. The molecule has 8 heteroatoms. The van der Waals surface area contributed by atoms with Crippen LogP contribution >= 0.6 is 11.6 Å². The lowest BCUT2D eigenvalue weighted by molar-refractivity contribution is 0.0956. The van der Waals surface area contributed by atoms with Crippen LogP contribution in [-0.4, -0.2) is 57.1 Å². The van der Waals surface area contributed by atoms with E-state index >= 15 is 0 Å². The lowest BCUT2D eigenvalue weighted by Gasteiger charge is -2.35. The lowest BCUT2D eigenvalue weighted by Crippen LogP contribution is -2.50. The second-order valence-corrected chi connectivity index (χ2v) is 11.3. The SMILES string of the molecule is CC(C)(C)c1ccc(C(=O)NCCS(=O)(=O)N2CCN(c3ccc(Cl)cc3)CC2)cc1. The number of carbonyl (C=O) groups is 1. The molecular formula is C23H30ClN3O3S. The van der Waals surface area contributed by atoms with Gasteiger partial charge in [0, 0.05) is 49.0 Å². The first-order chi connectivity index (χ1) is 14.6. The van der Waals surface area contributed by atoms with E-state index in [1.165, 1.54) is 4.31 Å². The predicted molar refractivity (Wildman–Crippen MR) is 127 cm³/mol. The van der Waals surface area contributed by atoms with Gasteiger partial charge in [0.15, 0.2) is 0 Å². The Morgan fingerprint density at radius 3 is 2.10 bits per heavy atom. The highest BCUT2D eigenvalue weighted by molar-refractivity contribution is 7.89. The molecule has 2 aromatic rings. The van der Waals surface area contributed by atoms with Crippen LogP contribution in [0.5, 0.6) is 0 Å². The third-order valence-corrected chi connectivity index (χ3v) is 7.61. The number of halogens is 1. The molecule has 6 nitrogen and oxygen atoms in total. The molecule has 0 saturated carbocycles. The molecule has 0 radical (unpaired) electrons. The van der Waals surface area contributed by atoms with E-state index in [9.17, 15) is 13.2 Å². The van der Waals surface area contributed by atoms with Crippen molar-refractivity contribution in [1.82, 2.24) is 9.62 Å². The Hall–Kier alpha value is -2.09. The molecule has 0 bridgehead atoms. The number of nitrogens with one attached hydrogen (secondary N) is 1. The Kier molecular flexibility index (Phi) is 7.29. The molecule has 1 aliphatic heterocycles. The molecule has 3 rings (SSSR count). The lowest BCUT2D eigenvalue weighted by atomic mass is 9.87. The summed E-state index contributed by atoms with van der Waals surface area (Å²) in [5.41, 5.74) is 2.72. The summed E-state index contributed by atoms with van der Waals surface area (Å²) < 4.78 is 26.9. The fraction of sp³-hybridized carbons (Fsp3) is 0.435. The van der Waals surface area contributed by atoms with Gasteiger partial charge in [-0.2, -0.15) is 4.31 Å². The number of amides is 1. The summed E-state index contributed by atoms with van der Waals surface area (Å²) in [4.78, 5) is 14.5. The Labute approximate surface area is 190 Å². The van der Waals surface area contributed by atoms with Crippen molar-refractivity contribution in [2.45, 2.75) is 26.2 Å². The molecule has 1 fully saturated rings. The summed E-state index contributed by atoms with van der Waals surface area (Å²) >= 11 is 5.93. The zero-order chi connectivity index (χ0) is 22.6. The van der Waals surface area contributed by atoms with Crippen molar-refractivity contribution < 1.29 is 13.2 Å². The number of nitrogens with zero attached hydrogens (tertiary/aromatic N) is 2. The minimum atomic E-state index is -3.43. The van der Waals surface area contributed by atoms with Gasteiger partial charge in [-0.05, 0) is 47.4 Å². The Morgan fingerprint density at radius 1 is 0.968 bits per heavy atom.